The van der Waals surface area contributed by atoms with Crippen molar-refractivity contribution >= 4 is 21.8 Å². The molecule has 2 aromatic carbocycles. The highest BCUT2D eigenvalue weighted by molar-refractivity contribution is 9.10. The standard InChI is InChI=1S/C20H22BrNO3/c21-18-5-1-2-6-19(18)25-14-15-7-9-17(10-8-15)20(24)22-11-3-4-16(12-22)13-23/h1-2,5-10,16,23H,3-4,11-14H2. The summed E-state index contributed by atoms with van der Waals surface area (Å²) in [4.78, 5) is 14.4. The van der Waals surface area contributed by atoms with Crippen molar-refractivity contribution in [3.05, 3.63) is 64.1 Å². The number of hydrogen-bond donors (Lipinski definition) is 1. The first-order valence-corrected chi connectivity index (χ1v) is 9.33. The average molecular weight is 404 g/mol. The van der Waals surface area contributed by atoms with Gasteiger partial charge in [0.1, 0.15) is 12.4 Å². The Bertz CT molecular complexity index is 717. The highest BCUT2D eigenvalue weighted by atomic mass is 79.9. The Morgan fingerprint density at radius 3 is 2.68 bits per heavy atom. The Kier molecular flexibility index (Phi) is 6.10. The number of ether oxygens (including phenoxy) is 1. The van der Waals surface area contributed by atoms with E-state index < -0.39 is 0 Å². The quantitative estimate of drug-likeness (QED) is 0.823. The van der Waals surface area contributed by atoms with Gasteiger partial charge in [0.05, 0.1) is 4.47 Å². The third-order valence-electron chi connectivity index (χ3n) is 4.50. The number of para-hydroxylation sites is 1. The zero-order valence-electron chi connectivity index (χ0n) is 14.0. The van der Waals surface area contributed by atoms with Crippen LogP contribution in [0.4, 0.5) is 0 Å². The summed E-state index contributed by atoms with van der Waals surface area (Å²) in [5.41, 5.74) is 1.70. The first-order valence-electron chi connectivity index (χ1n) is 8.54. The molecule has 1 atom stereocenters. The van der Waals surface area contributed by atoms with E-state index in [9.17, 15) is 9.90 Å². The summed E-state index contributed by atoms with van der Waals surface area (Å²) in [5.74, 6) is 1.04. The van der Waals surface area contributed by atoms with Gasteiger partial charge in [0.2, 0.25) is 0 Å². The maximum atomic E-state index is 12.6. The van der Waals surface area contributed by atoms with Gasteiger partial charge in [0, 0.05) is 25.3 Å². The van der Waals surface area contributed by atoms with Gasteiger partial charge in [-0.05, 0) is 64.5 Å². The van der Waals surface area contributed by atoms with E-state index in [2.05, 4.69) is 15.9 Å². The molecule has 0 aromatic heterocycles. The summed E-state index contributed by atoms with van der Waals surface area (Å²) in [5, 5.41) is 9.31. The lowest BCUT2D eigenvalue weighted by Gasteiger charge is -2.31. The van der Waals surface area contributed by atoms with Gasteiger partial charge in [-0.3, -0.25) is 4.79 Å². The Balaban J connectivity index is 1.60. The summed E-state index contributed by atoms with van der Waals surface area (Å²) in [6.07, 6.45) is 1.94. The SMILES string of the molecule is O=C(c1ccc(COc2ccccc2Br)cc1)N1CCCC(CO)C1. The van der Waals surface area contributed by atoms with E-state index in [1.807, 2.05) is 53.4 Å². The minimum atomic E-state index is 0.0384. The molecule has 1 aliphatic heterocycles. The molecule has 1 fully saturated rings. The van der Waals surface area contributed by atoms with Crippen LogP contribution in [0.1, 0.15) is 28.8 Å². The molecule has 0 aliphatic carbocycles. The zero-order valence-corrected chi connectivity index (χ0v) is 15.6. The predicted molar refractivity (Wildman–Crippen MR) is 101 cm³/mol. The maximum Gasteiger partial charge on any atom is 0.253 e. The summed E-state index contributed by atoms with van der Waals surface area (Å²) < 4.78 is 6.72. The molecule has 2 aromatic rings. The minimum Gasteiger partial charge on any atom is -0.488 e. The summed E-state index contributed by atoms with van der Waals surface area (Å²) in [6, 6.07) is 15.3. The van der Waals surface area contributed by atoms with Crippen molar-refractivity contribution in [1.82, 2.24) is 4.90 Å². The Hall–Kier alpha value is -1.85. The van der Waals surface area contributed by atoms with Gasteiger partial charge < -0.3 is 14.7 Å². The molecule has 1 N–H and O–H groups in total. The van der Waals surface area contributed by atoms with Crippen LogP contribution in [0.5, 0.6) is 5.75 Å². The fourth-order valence-electron chi connectivity index (χ4n) is 3.05. The van der Waals surface area contributed by atoms with Crippen molar-refractivity contribution in [2.45, 2.75) is 19.4 Å². The maximum absolute atomic E-state index is 12.6. The number of halogens is 1. The van der Waals surface area contributed by atoms with Crippen LogP contribution in [-0.2, 0) is 6.61 Å². The van der Waals surface area contributed by atoms with E-state index in [0.29, 0.717) is 18.7 Å². The number of carbonyl (C=O) groups excluding carboxylic acids is 1. The summed E-state index contributed by atoms with van der Waals surface area (Å²) in [6.45, 7) is 2.01. The van der Waals surface area contributed by atoms with E-state index in [1.54, 1.807) is 0 Å². The van der Waals surface area contributed by atoms with Crippen molar-refractivity contribution in [1.29, 1.82) is 0 Å². The van der Waals surface area contributed by atoms with Crippen LogP contribution in [0.3, 0.4) is 0 Å². The molecule has 1 saturated heterocycles. The van der Waals surface area contributed by atoms with Crippen LogP contribution in [0.2, 0.25) is 0 Å². The molecule has 4 nitrogen and oxygen atoms in total. The van der Waals surface area contributed by atoms with Crippen molar-refractivity contribution in [3.63, 3.8) is 0 Å². The first kappa shape index (κ1) is 18.0. The third kappa shape index (κ3) is 4.61. The van der Waals surface area contributed by atoms with Crippen molar-refractivity contribution in [2.24, 2.45) is 5.92 Å². The first-order chi connectivity index (χ1) is 12.2. The molecule has 1 aliphatic rings. The van der Waals surface area contributed by atoms with E-state index in [4.69, 9.17) is 4.74 Å². The molecule has 1 amide bonds. The van der Waals surface area contributed by atoms with E-state index in [0.717, 1.165) is 35.2 Å². The van der Waals surface area contributed by atoms with Crippen molar-refractivity contribution < 1.29 is 14.6 Å². The lowest BCUT2D eigenvalue weighted by Crippen LogP contribution is -2.40. The highest BCUT2D eigenvalue weighted by Crippen LogP contribution is 2.25. The topological polar surface area (TPSA) is 49.8 Å². The minimum absolute atomic E-state index is 0.0384. The van der Waals surface area contributed by atoms with E-state index in [1.165, 1.54) is 0 Å². The second kappa shape index (κ2) is 8.50. The predicted octanol–water partition coefficient (Wildman–Crippen LogP) is 3.87. The van der Waals surface area contributed by atoms with Crippen LogP contribution in [0, 0.1) is 5.92 Å². The second-order valence-electron chi connectivity index (χ2n) is 6.36. The van der Waals surface area contributed by atoms with Gasteiger partial charge in [0.15, 0.2) is 0 Å². The number of aliphatic hydroxyl groups excluding tert-OH is 1. The third-order valence-corrected chi connectivity index (χ3v) is 5.15. The smallest absolute Gasteiger partial charge is 0.253 e. The van der Waals surface area contributed by atoms with E-state index >= 15 is 0 Å². The summed E-state index contributed by atoms with van der Waals surface area (Å²) >= 11 is 3.46. The number of likely N-dealkylation sites (tertiary alicyclic amines) is 1. The second-order valence-corrected chi connectivity index (χ2v) is 7.21. The van der Waals surface area contributed by atoms with Gasteiger partial charge in [-0.15, -0.1) is 0 Å². The zero-order chi connectivity index (χ0) is 17.6. The summed E-state index contributed by atoms with van der Waals surface area (Å²) in [7, 11) is 0. The lowest BCUT2D eigenvalue weighted by atomic mass is 9.98. The van der Waals surface area contributed by atoms with Crippen LogP contribution >= 0.6 is 15.9 Å². The molecule has 5 heteroatoms. The van der Waals surface area contributed by atoms with Crippen LogP contribution in [0.25, 0.3) is 0 Å². The monoisotopic (exact) mass is 403 g/mol. The number of piperidine rings is 1. The largest absolute Gasteiger partial charge is 0.488 e. The van der Waals surface area contributed by atoms with Gasteiger partial charge in [0.25, 0.3) is 5.91 Å². The molecule has 1 heterocycles. The molecule has 0 spiro atoms. The highest BCUT2D eigenvalue weighted by Gasteiger charge is 2.23. The average Bonchev–Trinajstić information content (AvgIpc) is 2.67. The van der Waals surface area contributed by atoms with Crippen LogP contribution in [0.15, 0.2) is 53.0 Å². The number of nitrogens with zero attached hydrogens (tertiary/aromatic N) is 1. The molecule has 0 bridgehead atoms. The van der Waals surface area contributed by atoms with Gasteiger partial charge in [-0.25, -0.2) is 0 Å². The Morgan fingerprint density at radius 2 is 1.96 bits per heavy atom. The molecule has 0 saturated carbocycles. The van der Waals surface area contributed by atoms with Gasteiger partial charge >= 0.3 is 0 Å². The number of aliphatic hydroxyl groups is 1. The number of benzene rings is 2. The number of rotatable bonds is 5. The molecular formula is C20H22BrNO3. The van der Waals surface area contributed by atoms with Gasteiger partial charge in [-0.1, -0.05) is 24.3 Å². The van der Waals surface area contributed by atoms with Crippen LogP contribution < -0.4 is 4.74 Å². The molecule has 0 radical (unpaired) electrons. The molecule has 132 valence electrons. The van der Waals surface area contributed by atoms with Crippen molar-refractivity contribution in [3.8, 4) is 5.75 Å². The molecule has 25 heavy (non-hydrogen) atoms. The number of hydrogen-bond acceptors (Lipinski definition) is 3. The normalized spacial score (nSPS) is 17.4. The fourth-order valence-corrected chi connectivity index (χ4v) is 3.45. The fraction of sp³-hybridized carbons (Fsp3) is 0.350. The molecule has 3 rings (SSSR count). The number of amides is 1. The Morgan fingerprint density at radius 1 is 1.20 bits per heavy atom. The van der Waals surface area contributed by atoms with Crippen LogP contribution in [-0.4, -0.2) is 35.6 Å². The number of carbonyl (C=O) groups is 1. The molecular weight excluding hydrogens is 382 g/mol. The van der Waals surface area contributed by atoms with Gasteiger partial charge in [-0.2, -0.15) is 0 Å². The van der Waals surface area contributed by atoms with E-state index in [-0.39, 0.29) is 18.4 Å². The lowest BCUT2D eigenvalue weighted by molar-refractivity contribution is 0.0620. The van der Waals surface area contributed by atoms with Crippen molar-refractivity contribution in [2.75, 3.05) is 19.7 Å². The molecule has 1 unspecified atom stereocenters. The Labute approximate surface area is 156 Å².